The molecule has 0 radical (unpaired) electrons. The van der Waals surface area contributed by atoms with Gasteiger partial charge in [-0.25, -0.2) is 0 Å². The van der Waals surface area contributed by atoms with E-state index in [1.165, 1.54) is 193 Å². The maximum absolute atomic E-state index is 12.4. The van der Waals surface area contributed by atoms with E-state index < -0.39 is 12.1 Å². The fourth-order valence-corrected chi connectivity index (χ4v) is 7.64. The van der Waals surface area contributed by atoms with E-state index in [-0.39, 0.29) is 12.5 Å². The van der Waals surface area contributed by atoms with Gasteiger partial charge in [-0.1, -0.05) is 242 Å². The molecular formula is C53H99NO3. The number of nitrogens with one attached hydrogen (secondary N) is 1. The van der Waals surface area contributed by atoms with Gasteiger partial charge in [-0.05, 0) is 64.2 Å². The Morgan fingerprint density at radius 3 is 1.16 bits per heavy atom. The van der Waals surface area contributed by atoms with Gasteiger partial charge in [-0.15, -0.1) is 0 Å². The first-order valence-corrected chi connectivity index (χ1v) is 25.4. The average Bonchev–Trinajstić information content (AvgIpc) is 3.22. The Hall–Kier alpha value is -1.65. The summed E-state index contributed by atoms with van der Waals surface area (Å²) < 4.78 is 0. The van der Waals surface area contributed by atoms with Crippen molar-refractivity contribution in [2.45, 2.75) is 276 Å². The zero-order valence-electron chi connectivity index (χ0n) is 38.4. The summed E-state index contributed by atoms with van der Waals surface area (Å²) in [4.78, 5) is 12.4. The van der Waals surface area contributed by atoms with Crippen LogP contribution in [0.5, 0.6) is 0 Å². The van der Waals surface area contributed by atoms with Crippen LogP contribution in [0.15, 0.2) is 48.6 Å². The molecule has 0 rings (SSSR count). The first kappa shape index (κ1) is 55.4. The largest absolute Gasteiger partial charge is 0.394 e. The van der Waals surface area contributed by atoms with Gasteiger partial charge in [0.1, 0.15) is 0 Å². The van der Waals surface area contributed by atoms with E-state index in [4.69, 9.17) is 0 Å². The Labute approximate surface area is 356 Å². The van der Waals surface area contributed by atoms with Crippen LogP contribution in [0.2, 0.25) is 0 Å². The number of hydrogen-bond donors (Lipinski definition) is 3. The molecule has 0 aromatic rings. The van der Waals surface area contributed by atoms with Gasteiger partial charge in [0.2, 0.25) is 5.91 Å². The minimum atomic E-state index is -0.869. The summed E-state index contributed by atoms with van der Waals surface area (Å²) >= 11 is 0. The zero-order valence-corrected chi connectivity index (χ0v) is 38.4. The highest BCUT2D eigenvalue weighted by Gasteiger charge is 2.17. The molecule has 2 unspecified atom stereocenters. The minimum absolute atomic E-state index is 0.0872. The highest BCUT2D eigenvalue weighted by Crippen LogP contribution is 2.16. The SMILES string of the molecule is CCCCC/C=C\C/C=C\CCCCCCCC(=O)NC(CO)C(O)/C=C/CC/C=C/CCCCCCCCCCCCCCCCCCCCCCCCCC. The monoisotopic (exact) mass is 798 g/mol. The van der Waals surface area contributed by atoms with Crippen LogP contribution in [0.1, 0.15) is 264 Å². The molecule has 2 atom stereocenters. The van der Waals surface area contributed by atoms with Crippen molar-refractivity contribution in [3.63, 3.8) is 0 Å². The molecule has 57 heavy (non-hydrogen) atoms. The number of rotatable bonds is 46. The highest BCUT2D eigenvalue weighted by molar-refractivity contribution is 5.76. The Morgan fingerprint density at radius 2 is 0.737 bits per heavy atom. The summed E-state index contributed by atoms with van der Waals surface area (Å²) in [7, 11) is 0. The third-order valence-corrected chi connectivity index (χ3v) is 11.5. The number of carbonyl (C=O) groups excluding carboxylic acids is 1. The standard InChI is InChI=1S/C53H99NO3/c1-3-5-7-9-11-13-15-17-19-20-21-22-23-24-25-26-27-28-29-30-31-32-33-35-36-38-40-42-44-46-48-52(56)51(50-55)54-53(57)49-47-45-43-41-39-37-34-18-16-14-12-10-8-6-4-2/h12,14,18,34,38,40,46,48,51-52,55-56H,3-11,13,15-17,19-33,35-37,39,41-45,47,49-50H2,1-2H3,(H,54,57)/b14-12-,34-18-,40-38+,48-46+. The maximum Gasteiger partial charge on any atom is 0.220 e. The Balaban J connectivity index is 3.53. The van der Waals surface area contributed by atoms with Gasteiger partial charge >= 0.3 is 0 Å². The molecule has 0 aliphatic rings. The molecule has 0 spiro atoms. The lowest BCUT2D eigenvalue weighted by Gasteiger charge is -2.19. The second-order valence-corrected chi connectivity index (χ2v) is 17.2. The molecule has 4 heteroatoms. The van der Waals surface area contributed by atoms with Gasteiger partial charge in [0, 0.05) is 6.42 Å². The Morgan fingerprint density at radius 1 is 0.421 bits per heavy atom. The number of aliphatic hydroxyl groups is 2. The summed E-state index contributed by atoms with van der Waals surface area (Å²) in [5, 5.41) is 23.0. The van der Waals surface area contributed by atoms with E-state index in [1.807, 2.05) is 6.08 Å². The first-order valence-electron chi connectivity index (χ1n) is 25.4. The average molecular weight is 798 g/mol. The van der Waals surface area contributed by atoms with E-state index in [2.05, 4.69) is 55.6 Å². The van der Waals surface area contributed by atoms with Crippen LogP contribution in [0.3, 0.4) is 0 Å². The van der Waals surface area contributed by atoms with Gasteiger partial charge in [-0.2, -0.15) is 0 Å². The molecule has 334 valence electrons. The van der Waals surface area contributed by atoms with E-state index in [9.17, 15) is 15.0 Å². The highest BCUT2D eigenvalue weighted by atomic mass is 16.3. The topological polar surface area (TPSA) is 69.6 Å². The van der Waals surface area contributed by atoms with Crippen LogP contribution >= 0.6 is 0 Å². The van der Waals surface area contributed by atoms with Crippen molar-refractivity contribution in [1.29, 1.82) is 0 Å². The van der Waals surface area contributed by atoms with E-state index in [0.717, 1.165) is 51.4 Å². The third kappa shape index (κ3) is 45.3. The predicted molar refractivity (Wildman–Crippen MR) is 253 cm³/mol. The molecule has 0 aromatic heterocycles. The maximum atomic E-state index is 12.4. The number of hydrogen-bond acceptors (Lipinski definition) is 3. The summed E-state index contributed by atoms with van der Waals surface area (Å²) in [6.45, 7) is 4.28. The van der Waals surface area contributed by atoms with Gasteiger partial charge in [-0.3, -0.25) is 4.79 Å². The van der Waals surface area contributed by atoms with E-state index in [1.54, 1.807) is 6.08 Å². The van der Waals surface area contributed by atoms with Crippen molar-refractivity contribution in [1.82, 2.24) is 5.32 Å². The summed E-state index contributed by atoms with van der Waals surface area (Å²) in [5.41, 5.74) is 0. The lowest BCUT2D eigenvalue weighted by molar-refractivity contribution is -0.123. The fraction of sp³-hybridized carbons (Fsp3) is 0.830. The number of amides is 1. The predicted octanol–water partition coefficient (Wildman–Crippen LogP) is 16.3. The summed E-state index contributed by atoms with van der Waals surface area (Å²) in [6, 6.07) is -0.647. The molecule has 0 aliphatic carbocycles. The molecule has 0 saturated carbocycles. The molecule has 0 aromatic carbocycles. The minimum Gasteiger partial charge on any atom is -0.394 e. The number of aliphatic hydroxyl groups excluding tert-OH is 2. The normalized spacial score (nSPS) is 13.3. The molecule has 0 heterocycles. The van der Waals surface area contributed by atoms with Crippen molar-refractivity contribution in [2.75, 3.05) is 6.61 Å². The second-order valence-electron chi connectivity index (χ2n) is 17.2. The van der Waals surface area contributed by atoms with Crippen molar-refractivity contribution in [3.8, 4) is 0 Å². The van der Waals surface area contributed by atoms with Crippen molar-refractivity contribution < 1.29 is 15.0 Å². The molecule has 3 N–H and O–H groups in total. The van der Waals surface area contributed by atoms with Crippen LogP contribution in [-0.2, 0) is 4.79 Å². The van der Waals surface area contributed by atoms with E-state index >= 15 is 0 Å². The molecular weight excluding hydrogens is 699 g/mol. The van der Waals surface area contributed by atoms with Crippen LogP contribution in [0.25, 0.3) is 0 Å². The molecule has 4 nitrogen and oxygen atoms in total. The van der Waals surface area contributed by atoms with Gasteiger partial charge in [0.05, 0.1) is 18.8 Å². The quantitative estimate of drug-likeness (QED) is 0.0424. The fourth-order valence-electron chi connectivity index (χ4n) is 7.64. The van der Waals surface area contributed by atoms with Crippen LogP contribution in [-0.4, -0.2) is 34.9 Å². The Bertz CT molecular complexity index is 908. The number of carbonyl (C=O) groups is 1. The summed E-state index contributed by atoms with van der Waals surface area (Å²) in [5.74, 6) is -0.0872. The van der Waals surface area contributed by atoms with Crippen LogP contribution < -0.4 is 5.32 Å². The first-order chi connectivity index (χ1) is 28.2. The van der Waals surface area contributed by atoms with Crippen LogP contribution in [0.4, 0.5) is 0 Å². The lowest BCUT2D eigenvalue weighted by atomic mass is 10.0. The molecule has 0 bridgehead atoms. The smallest absolute Gasteiger partial charge is 0.220 e. The van der Waals surface area contributed by atoms with Crippen molar-refractivity contribution in [3.05, 3.63) is 48.6 Å². The molecule has 0 fully saturated rings. The van der Waals surface area contributed by atoms with Gasteiger partial charge in [0.15, 0.2) is 0 Å². The van der Waals surface area contributed by atoms with Crippen molar-refractivity contribution in [2.24, 2.45) is 0 Å². The zero-order chi connectivity index (χ0) is 41.4. The molecule has 1 amide bonds. The lowest BCUT2D eigenvalue weighted by Crippen LogP contribution is -2.45. The number of unbranched alkanes of at least 4 members (excludes halogenated alkanes) is 33. The third-order valence-electron chi connectivity index (χ3n) is 11.5. The summed E-state index contributed by atoms with van der Waals surface area (Å²) in [6.07, 6.45) is 66.9. The molecule has 0 aliphatic heterocycles. The Kier molecular flexibility index (Phi) is 47.3. The van der Waals surface area contributed by atoms with Crippen LogP contribution in [0, 0.1) is 0 Å². The molecule has 0 saturated heterocycles. The number of allylic oxidation sites excluding steroid dienone is 7. The van der Waals surface area contributed by atoms with Gasteiger partial charge < -0.3 is 15.5 Å². The van der Waals surface area contributed by atoms with Gasteiger partial charge in [0.25, 0.3) is 0 Å². The second kappa shape index (κ2) is 48.7. The van der Waals surface area contributed by atoms with E-state index in [0.29, 0.717) is 6.42 Å². The van der Waals surface area contributed by atoms with Crippen molar-refractivity contribution >= 4 is 5.91 Å².